The van der Waals surface area contributed by atoms with Gasteiger partial charge < -0.3 is 9.13 Å². The van der Waals surface area contributed by atoms with E-state index in [1.807, 2.05) is 17.7 Å². The third-order valence-corrected chi connectivity index (χ3v) is 5.84. The van der Waals surface area contributed by atoms with Crippen LogP contribution in [0.3, 0.4) is 0 Å². The standard InChI is InChI=1S/C22H15ClN4O4/c1-25-9-15(13-5-3-11(23)7-17(13)25)19-20(22(29)24-21(19)28)16-10-26(2)18-8-12(27(30)31)4-6-14(16)18/h3-10H,1-2H3,(H,24,28,29). The Hall–Kier alpha value is -3.91. The van der Waals surface area contributed by atoms with Gasteiger partial charge in [0.05, 0.1) is 21.6 Å². The van der Waals surface area contributed by atoms with Crippen LogP contribution in [0, 0.1) is 10.1 Å². The fourth-order valence-corrected chi connectivity index (χ4v) is 4.38. The van der Waals surface area contributed by atoms with Crippen molar-refractivity contribution in [1.82, 2.24) is 14.5 Å². The molecule has 0 aliphatic carbocycles. The van der Waals surface area contributed by atoms with E-state index in [0.717, 1.165) is 10.9 Å². The summed E-state index contributed by atoms with van der Waals surface area (Å²) in [6.45, 7) is 0. The van der Waals surface area contributed by atoms with Crippen LogP contribution in [0.2, 0.25) is 5.02 Å². The summed E-state index contributed by atoms with van der Waals surface area (Å²) in [5.41, 5.74) is 3.04. The minimum Gasteiger partial charge on any atom is -0.350 e. The monoisotopic (exact) mass is 434 g/mol. The Balaban J connectivity index is 1.83. The Morgan fingerprint density at radius 2 is 1.39 bits per heavy atom. The molecule has 0 unspecified atom stereocenters. The van der Waals surface area contributed by atoms with Crippen molar-refractivity contribution in [2.24, 2.45) is 14.1 Å². The molecule has 3 heterocycles. The molecule has 0 atom stereocenters. The van der Waals surface area contributed by atoms with Crippen molar-refractivity contribution in [3.8, 4) is 0 Å². The number of non-ortho nitro benzene ring substituents is 1. The number of aryl methyl sites for hydroxylation is 2. The second-order valence-corrected chi connectivity index (χ2v) is 7.90. The number of benzene rings is 2. The van der Waals surface area contributed by atoms with Gasteiger partial charge in [0.25, 0.3) is 17.5 Å². The average Bonchev–Trinajstić information content (AvgIpc) is 3.32. The Bertz CT molecular complexity index is 1510. The van der Waals surface area contributed by atoms with Crippen molar-refractivity contribution in [2.45, 2.75) is 0 Å². The zero-order valence-corrected chi connectivity index (χ0v) is 17.2. The highest BCUT2D eigenvalue weighted by molar-refractivity contribution is 6.50. The summed E-state index contributed by atoms with van der Waals surface area (Å²) in [7, 11) is 3.58. The van der Waals surface area contributed by atoms with Crippen LogP contribution < -0.4 is 5.32 Å². The van der Waals surface area contributed by atoms with Crippen LogP contribution in [-0.4, -0.2) is 25.9 Å². The summed E-state index contributed by atoms with van der Waals surface area (Å²) >= 11 is 6.13. The van der Waals surface area contributed by atoms with Gasteiger partial charge in [0.1, 0.15) is 0 Å². The Kier molecular flexibility index (Phi) is 4.03. The number of rotatable bonds is 3. The van der Waals surface area contributed by atoms with Crippen LogP contribution in [0.5, 0.6) is 0 Å². The van der Waals surface area contributed by atoms with Gasteiger partial charge in [0.2, 0.25) is 0 Å². The normalized spacial score (nSPS) is 14.2. The summed E-state index contributed by atoms with van der Waals surface area (Å²) in [6, 6.07) is 9.80. The lowest BCUT2D eigenvalue weighted by molar-refractivity contribution is -0.384. The molecule has 1 N–H and O–H groups in total. The van der Waals surface area contributed by atoms with Gasteiger partial charge in [-0.1, -0.05) is 17.7 Å². The van der Waals surface area contributed by atoms with E-state index in [4.69, 9.17) is 11.6 Å². The molecule has 8 nitrogen and oxygen atoms in total. The lowest BCUT2D eigenvalue weighted by Crippen LogP contribution is -2.22. The van der Waals surface area contributed by atoms with Crippen LogP contribution >= 0.6 is 11.6 Å². The molecule has 1 aliphatic heterocycles. The maximum Gasteiger partial charge on any atom is 0.271 e. The predicted octanol–water partition coefficient (Wildman–Crippen LogP) is 3.80. The van der Waals surface area contributed by atoms with Crippen molar-refractivity contribution in [3.05, 3.63) is 75.1 Å². The minimum absolute atomic E-state index is 0.0488. The number of imide groups is 1. The number of carbonyl (C=O) groups excluding carboxylic acids is 2. The lowest BCUT2D eigenvalue weighted by atomic mass is 9.95. The number of halogens is 1. The quantitative estimate of drug-likeness (QED) is 0.301. The summed E-state index contributed by atoms with van der Waals surface area (Å²) < 4.78 is 3.56. The van der Waals surface area contributed by atoms with E-state index in [1.54, 1.807) is 42.2 Å². The number of amides is 2. The van der Waals surface area contributed by atoms with E-state index >= 15 is 0 Å². The molecular formula is C22H15ClN4O4. The van der Waals surface area contributed by atoms with Crippen LogP contribution in [0.15, 0.2) is 48.8 Å². The van der Waals surface area contributed by atoms with Crippen LogP contribution in [-0.2, 0) is 23.7 Å². The summed E-state index contributed by atoms with van der Waals surface area (Å²) in [5, 5.41) is 15.6. The molecule has 2 aromatic heterocycles. The SMILES string of the molecule is Cn1cc(C2=C(c3cn(C)c4cc([N+](=O)[O-])ccc34)C(=O)NC2=O)c2ccc(Cl)cc21. The molecule has 5 rings (SSSR count). The summed E-state index contributed by atoms with van der Waals surface area (Å²) in [5.74, 6) is -0.988. The van der Waals surface area contributed by atoms with Gasteiger partial charge in [0, 0.05) is 71.1 Å². The Morgan fingerprint density at radius 1 is 0.871 bits per heavy atom. The van der Waals surface area contributed by atoms with Crippen LogP contribution in [0.4, 0.5) is 5.69 Å². The summed E-state index contributed by atoms with van der Waals surface area (Å²) in [4.78, 5) is 36.4. The number of nitrogens with one attached hydrogen (secondary N) is 1. The van der Waals surface area contributed by atoms with E-state index in [1.165, 1.54) is 12.1 Å². The van der Waals surface area contributed by atoms with Gasteiger partial charge in [-0.15, -0.1) is 0 Å². The number of carbonyl (C=O) groups is 2. The third kappa shape index (κ3) is 2.76. The molecule has 0 saturated heterocycles. The van der Waals surface area contributed by atoms with Crippen LogP contribution in [0.25, 0.3) is 33.0 Å². The molecule has 31 heavy (non-hydrogen) atoms. The number of nitro groups is 1. The molecule has 0 saturated carbocycles. The number of nitrogens with zero attached hydrogens (tertiary/aromatic N) is 3. The second-order valence-electron chi connectivity index (χ2n) is 7.46. The summed E-state index contributed by atoms with van der Waals surface area (Å²) in [6.07, 6.45) is 3.51. The van der Waals surface area contributed by atoms with E-state index in [-0.39, 0.29) is 16.8 Å². The van der Waals surface area contributed by atoms with Crippen molar-refractivity contribution in [3.63, 3.8) is 0 Å². The van der Waals surface area contributed by atoms with Gasteiger partial charge >= 0.3 is 0 Å². The number of hydrogen-bond acceptors (Lipinski definition) is 4. The average molecular weight is 435 g/mol. The Labute approximate surface area is 180 Å². The molecule has 4 aromatic rings. The van der Waals surface area contributed by atoms with Crippen molar-refractivity contribution >= 4 is 62.1 Å². The fraction of sp³-hybridized carbons (Fsp3) is 0.0909. The first-order chi connectivity index (χ1) is 14.8. The van der Waals surface area contributed by atoms with Crippen molar-refractivity contribution in [2.75, 3.05) is 0 Å². The molecule has 0 fully saturated rings. The Morgan fingerprint density at radius 3 is 1.94 bits per heavy atom. The molecule has 0 bridgehead atoms. The number of hydrogen-bond donors (Lipinski definition) is 1. The van der Waals surface area contributed by atoms with Crippen LogP contribution in [0.1, 0.15) is 11.1 Å². The zero-order valence-electron chi connectivity index (χ0n) is 16.5. The minimum atomic E-state index is -0.503. The van der Waals surface area contributed by atoms with Gasteiger partial charge in [-0.3, -0.25) is 25.0 Å². The van der Waals surface area contributed by atoms with E-state index in [0.29, 0.717) is 27.1 Å². The highest BCUT2D eigenvalue weighted by atomic mass is 35.5. The van der Waals surface area contributed by atoms with Crippen molar-refractivity contribution < 1.29 is 14.5 Å². The second kappa shape index (κ2) is 6.55. The molecular weight excluding hydrogens is 420 g/mol. The van der Waals surface area contributed by atoms with Gasteiger partial charge in [0.15, 0.2) is 0 Å². The highest BCUT2D eigenvalue weighted by Gasteiger charge is 2.35. The largest absolute Gasteiger partial charge is 0.350 e. The first kappa shape index (κ1) is 19.1. The fourth-order valence-electron chi connectivity index (χ4n) is 4.21. The molecule has 9 heteroatoms. The topological polar surface area (TPSA) is 99.2 Å². The van der Waals surface area contributed by atoms with Gasteiger partial charge in [-0.25, -0.2) is 0 Å². The maximum atomic E-state index is 12.9. The lowest BCUT2D eigenvalue weighted by Gasteiger charge is -2.03. The number of nitro benzene ring substituents is 1. The molecule has 2 aromatic carbocycles. The highest BCUT2D eigenvalue weighted by Crippen LogP contribution is 2.39. The maximum absolute atomic E-state index is 12.9. The van der Waals surface area contributed by atoms with E-state index in [2.05, 4.69) is 5.32 Å². The first-order valence-electron chi connectivity index (χ1n) is 9.35. The van der Waals surface area contributed by atoms with E-state index in [9.17, 15) is 19.7 Å². The molecule has 154 valence electrons. The van der Waals surface area contributed by atoms with Crippen molar-refractivity contribution in [1.29, 1.82) is 0 Å². The number of aromatic nitrogens is 2. The predicted molar refractivity (Wildman–Crippen MR) is 117 cm³/mol. The number of fused-ring (bicyclic) bond motifs is 2. The zero-order chi connectivity index (χ0) is 22.0. The van der Waals surface area contributed by atoms with Gasteiger partial charge in [-0.05, 0) is 18.2 Å². The molecule has 0 spiro atoms. The molecule has 2 amide bonds. The van der Waals surface area contributed by atoms with E-state index < -0.39 is 16.7 Å². The molecule has 0 radical (unpaired) electrons. The third-order valence-electron chi connectivity index (χ3n) is 5.61. The molecule has 1 aliphatic rings. The first-order valence-corrected chi connectivity index (χ1v) is 9.73. The smallest absolute Gasteiger partial charge is 0.271 e. The van der Waals surface area contributed by atoms with Gasteiger partial charge in [-0.2, -0.15) is 0 Å².